The van der Waals surface area contributed by atoms with E-state index in [0.717, 1.165) is 19.3 Å². The lowest BCUT2D eigenvalue weighted by atomic mass is 9.97. The molecule has 96 valence electrons. The fraction of sp³-hybridized carbons (Fsp3) is 0.833. The molecular weight excluding hydrogens is 220 g/mol. The second-order valence-electron chi connectivity index (χ2n) is 5.04. The maximum Gasteiger partial charge on any atom is 0.242 e. The summed E-state index contributed by atoms with van der Waals surface area (Å²) in [6.45, 7) is 0.830. The van der Waals surface area contributed by atoms with Crippen LogP contribution in [0.4, 0.5) is 0 Å². The van der Waals surface area contributed by atoms with Crippen molar-refractivity contribution in [2.75, 3.05) is 13.2 Å². The molecule has 0 radical (unpaired) electrons. The van der Waals surface area contributed by atoms with Crippen LogP contribution in [0.5, 0.6) is 0 Å². The highest BCUT2D eigenvalue weighted by atomic mass is 16.3. The zero-order valence-corrected chi connectivity index (χ0v) is 9.95. The first kappa shape index (κ1) is 12.4. The van der Waals surface area contributed by atoms with E-state index in [4.69, 9.17) is 0 Å². The minimum atomic E-state index is -0.350. The molecule has 0 aromatic carbocycles. The van der Waals surface area contributed by atoms with Crippen LogP contribution in [0.2, 0.25) is 0 Å². The van der Waals surface area contributed by atoms with Gasteiger partial charge in [-0.2, -0.15) is 0 Å². The van der Waals surface area contributed by atoms with Gasteiger partial charge in [0.15, 0.2) is 0 Å². The van der Waals surface area contributed by atoms with Crippen LogP contribution in [0.25, 0.3) is 0 Å². The van der Waals surface area contributed by atoms with Crippen molar-refractivity contribution in [3.63, 3.8) is 0 Å². The Morgan fingerprint density at radius 2 is 2.12 bits per heavy atom. The third-order valence-electron chi connectivity index (χ3n) is 3.90. The molecule has 0 bridgehead atoms. The van der Waals surface area contributed by atoms with Gasteiger partial charge >= 0.3 is 0 Å². The Kier molecular flexibility index (Phi) is 3.99. The molecular formula is C12H20N2O3. The standard InChI is InChI=1S/C12H20N2O3/c15-7-9-3-1-2-8(9)6-13-12(17)10-4-5-11(16)14-10/h8-10,15H,1-7H2,(H,13,17)(H,14,16)/t8?,9?,10-/m1/s1. The first-order valence-electron chi connectivity index (χ1n) is 6.38. The lowest BCUT2D eigenvalue weighted by molar-refractivity contribution is -0.125. The summed E-state index contributed by atoms with van der Waals surface area (Å²) in [4.78, 5) is 22.7. The monoisotopic (exact) mass is 240 g/mol. The van der Waals surface area contributed by atoms with Gasteiger partial charge in [-0.25, -0.2) is 0 Å². The third-order valence-corrected chi connectivity index (χ3v) is 3.90. The molecule has 17 heavy (non-hydrogen) atoms. The smallest absolute Gasteiger partial charge is 0.242 e. The largest absolute Gasteiger partial charge is 0.396 e. The van der Waals surface area contributed by atoms with E-state index in [9.17, 15) is 14.7 Å². The van der Waals surface area contributed by atoms with E-state index < -0.39 is 0 Å². The van der Waals surface area contributed by atoms with Gasteiger partial charge in [-0.05, 0) is 31.1 Å². The molecule has 0 aromatic rings. The first-order chi connectivity index (χ1) is 8.20. The maximum atomic E-state index is 11.8. The molecule has 0 aromatic heterocycles. The first-order valence-corrected chi connectivity index (χ1v) is 6.38. The average Bonchev–Trinajstić information content (AvgIpc) is 2.94. The number of carbonyl (C=O) groups is 2. The molecule has 1 aliphatic heterocycles. The van der Waals surface area contributed by atoms with Crippen molar-refractivity contribution < 1.29 is 14.7 Å². The number of amides is 2. The number of rotatable bonds is 4. The van der Waals surface area contributed by atoms with E-state index in [-0.39, 0.29) is 24.5 Å². The minimum absolute atomic E-state index is 0.0424. The highest BCUT2D eigenvalue weighted by Gasteiger charge is 2.30. The highest BCUT2D eigenvalue weighted by Crippen LogP contribution is 2.30. The number of aliphatic hydroxyl groups is 1. The van der Waals surface area contributed by atoms with Crippen LogP contribution in [-0.4, -0.2) is 36.1 Å². The van der Waals surface area contributed by atoms with Gasteiger partial charge in [0.1, 0.15) is 6.04 Å². The SMILES string of the molecule is O=C1CC[C@H](C(=O)NCC2CCCC2CO)N1. The van der Waals surface area contributed by atoms with Crippen molar-refractivity contribution in [1.29, 1.82) is 0 Å². The van der Waals surface area contributed by atoms with E-state index in [1.165, 1.54) is 0 Å². The molecule has 5 heteroatoms. The second kappa shape index (κ2) is 5.49. The number of aliphatic hydroxyl groups excluding tert-OH is 1. The summed E-state index contributed by atoms with van der Waals surface area (Å²) in [7, 11) is 0. The quantitative estimate of drug-likeness (QED) is 0.636. The molecule has 2 amide bonds. The van der Waals surface area contributed by atoms with Crippen LogP contribution in [0.15, 0.2) is 0 Å². The fourth-order valence-corrected chi connectivity index (χ4v) is 2.79. The summed E-state index contributed by atoms with van der Waals surface area (Å²) >= 11 is 0. The van der Waals surface area contributed by atoms with Crippen LogP contribution < -0.4 is 10.6 Å². The van der Waals surface area contributed by atoms with Gasteiger partial charge in [-0.15, -0.1) is 0 Å². The Labute approximate surface area is 101 Å². The van der Waals surface area contributed by atoms with Crippen LogP contribution >= 0.6 is 0 Å². The third kappa shape index (κ3) is 2.97. The van der Waals surface area contributed by atoms with Crippen LogP contribution in [0.1, 0.15) is 32.1 Å². The summed E-state index contributed by atoms with van der Waals surface area (Å²) in [5.74, 6) is 0.591. The van der Waals surface area contributed by atoms with Gasteiger partial charge in [0, 0.05) is 19.6 Å². The molecule has 2 unspecified atom stereocenters. The van der Waals surface area contributed by atoms with E-state index in [1.807, 2.05) is 0 Å². The fourth-order valence-electron chi connectivity index (χ4n) is 2.79. The molecule has 1 heterocycles. The number of carbonyl (C=O) groups excluding carboxylic acids is 2. The van der Waals surface area contributed by atoms with Gasteiger partial charge in [-0.3, -0.25) is 9.59 Å². The Morgan fingerprint density at radius 3 is 2.76 bits per heavy atom. The molecule has 2 rings (SSSR count). The summed E-state index contributed by atoms with van der Waals surface area (Å²) in [6, 6.07) is -0.350. The lowest BCUT2D eigenvalue weighted by Gasteiger charge is -2.19. The Hall–Kier alpha value is -1.10. The topological polar surface area (TPSA) is 78.4 Å². The summed E-state index contributed by atoms with van der Waals surface area (Å²) in [5, 5.41) is 14.7. The number of hydrogen-bond acceptors (Lipinski definition) is 3. The summed E-state index contributed by atoms with van der Waals surface area (Å²) < 4.78 is 0. The second-order valence-corrected chi connectivity index (χ2v) is 5.04. The minimum Gasteiger partial charge on any atom is -0.396 e. The Balaban J connectivity index is 1.74. The van der Waals surface area contributed by atoms with Crippen molar-refractivity contribution >= 4 is 11.8 Å². The van der Waals surface area contributed by atoms with E-state index >= 15 is 0 Å². The van der Waals surface area contributed by atoms with Gasteiger partial charge in [0.05, 0.1) is 0 Å². The van der Waals surface area contributed by atoms with Gasteiger partial charge in [-0.1, -0.05) is 6.42 Å². The molecule has 2 aliphatic rings. The van der Waals surface area contributed by atoms with Gasteiger partial charge in [0.25, 0.3) is 0 Å². The van der Waals surface area contributed by atoms with E-state index in [1.54, 1.807) is 0 Å². The van der Waals surface area contributed by atoms with Gasteiger partial charge in [0.2, 0.25) is 11.8 Å². The molecule has 1 aliphatic carbocycles. The van der Waals surface area contributed by atoms with Crippen LogP contribution in [0.3, 0.4) is 0 Å². The van der Waals surface area contributed by atoms with Crippen molar-refractivity contribution in [1.82, 2.24) is 10.6 Å². The molecule has 5 nitrogen and oxygen atoms in total. The molecule has 1 saturated heterocycles. The molecule has 3 N–H and O–H groups in total. The Bertz CT molecular complexity index is 306. The van der Waals surface area contributed by atoms with E-state index in [0.29, 0.717) is 31.2 Å². The zero-order chi connectivity index (χ0) is 12.3. The predicted octanol–water partition coefficient (Wildman–Crippen LogP) is -0.210. The molecule has 1 saturated carbocycles. The van der Waals surface area contributed by atoms with E-state index in [2.05, 4.69) is 10.6 Å². The summed E-state index contributed by atoms with van der Waals surface area (Å²) in [6.07, 6.45) is 4.30. The van der Waals surface area contributed by atoms with Crippen molar-refractivity contribution in [3.05, 3.63) is 0 Å². The maximum absolute atomic E-state index is 11.8. The summed E-state index contributed by atoms with van der Waals surface area (Å²) in [5.41, 5.74) is 0. The lowest BCUT2D eigenvalue weighted by Crippen LogP contribution is -2.43. The van der Waals surface area contributed by atoms with Gasteiger partial charge < -0.3 is 15.7 Å². The average molecular weight is 240 g/mol. The van der Waals surface area contributed by atoms with Crippen molar-refractivity contribution in [3.8, 4) is 0 Å². The van der Waals surface area contributed by atoms with Crippen molar-refractivity contribution in [2.45, 2.75) is 38.1 Å². The van der Waals surface area contributed by atoms with Crippen LogP contribution in [-0.2, 0) is 9.59 Å². The van der Waals surface area contributed by atoms with Crippen LogP contribution in [0, 0.1) is 11.8 Å². The van der Waals surface area contributed by atoms with Crippen molar-refractivity contribution in [2.24, 2.45) is 11.8 Å². The molecule has 2 fully saturated rings. The normalized spacial score (nSPS) is 32.5. The highest BCUT2D eigenvalue weighted by molar-refractivity contribution is 5.90. The molecule has 0 spiro atoms. The Morgan fingerprint density at radius 1 is 1.35 bits per heavy atom. The zero-order valence-electron chi connectivity index (χ0n) is 9.95. The number of hydrogen-bond donors (Lipinski definition) is 3. The number of nitrogens with one attached hydrogen (secondary N) is 2. The molecule has 3 atom stereocenters. The predicted molar refractivity (Wildman–Crippen MR) is 62.1 cm³/mol.